The van der Waals surface area contributed by atoms with Crippen LogP contribution in [0.4, 0.5) is 0 Å². The standard InChI is InChI=1S/C8H18N2O2/c1-6(2)7(3)10-8(11)5-9-12-4/h6-7,9H,5H2,1-4H3,(H,10,11). The maximum absolute atomic E-state index is 11.1. The van der Waals surface area contributed by atoms with E-state index in [0.29, 0.717) is 5.92 Å². The molecular formula is C8H18N2O2. The molecule has 0 radical (unpaired) electrons. The second-order valence-corrected chi connectivity index (χ2v) is 3.13. The van der Waals surface area contributed by atoms with Crippen molar-refractivity contribution in [1.29, 1.82) is 0 Å². The second-order valence-electron chi connectivity index (χ2n) is 3.13. The van der Waals surface area contributed by atoms with E-state index in [1.54, 1.807) is 0 Å². The van der Waals surface area contributed by atoms with Gasteiger partial charge in [0.25, 0.3) is 0 Å². The zero-order chi connectivity index (χ0) is 9.56. The van der Waals surface area contributed by atoms with Gasteiger partial charge in [0.15, 0.2) is 0 Å². The van der Waals surface area contributed by atoms with Crippen LogP contribution in [0, 0.1) is 5.92 Å². The van der Waals surface area contributed by atoms with Gasteiger partial charge in [0.2, 0.25) is 5.91 Å². The summed E-state index contributed by atoms with van der Waals surface area (Å²) in [5, 5.41) is 2.83. The van der Waals surface area contributed by atoms with Crippen LogP contribution in [0.15, 0.2) is 0 Å². The van der Waals surface area contributed by atoms with Crippen molar-refractivity contribution < 1.29 is 9.63 Å². The van der Waals surface area contributed by atoms with Gasteiger partial charge < -0.3 is 10.2 Å². The van der Waals surface area contributed by atoms with Gasteiger partial charge in [-0.15, -0.1) is 0 Å². The zero-order valence-corrected chi connectivity index (χ0v) is 8.18. The molecule has 4 nitrogen and oxygen atoms in total. The van der Waals surface area contributed by atoms with Crippen molar-refractivity contribution in [2.75, 3.05) is 13.7 Å². The van der Waals surface area contributed by atoms with Crippen LogP contribution in [0.25, 0.3) is 0 Å². The van der Waals surface area contributed by atoms with Crippen molar-refractivity contribution in [2.45, 2.75) is 26.8 Å². The lowest BCUT2D eigenvalue weighted by atomic mass is 10.1. The van der Waals surface area contributed by atoms with Crippen LogP contribution in [0.3, 0.4) is 0 Å². The third-order valence-corrected chi connectivity index (χ3v) is 1.77. The molecule has 0 fully saturated rings. The first-order valence-corrected chi connectivity index (χ1v) is 4.13. The van der Waals surface area contributed by atoms with Gasteiger partial charge in [-0.3, -0.25) is 4.79 Å². The third-order valence-electron chi connectivity index (χ3n) is 1.77. The van der Waals surface area contributed by atoms with E-state index in [-0.39, 0.29) is 18.5 Å². The highest BCUT2D eigenvalue weighted by atomic mass is 16.6. The predicted octanol–water partition coefficient (Wildman–Crippen LogP) is 0.298. The molecule has 0 bridgehead atoms. The summed E-state index contributed by atoms with van der Waals surface area (Å²) in [6, 6.07) is 0.205. The van der Waals surface area contributed by atoms with Crippen molar-refractivity contribution in [3.63, 3.8) is 0 Å². The Kier molecular flexibility index (Phi) is 5.66. The second kappa shape index (κ2) is 5.97. The number of carbonyl (C=O) groups excluding carboxylic acids is 1. The number of carbonyl (C=O) groups is 1. The molecule has 0 aromatic carbocycles. The number of nitrogens with one attached hydrogen (secondary N) is 2. The van der Waals surface area contributed by atoms with Crippen LogP contribution in [0.1, 0.15) is 20.8 Å². The minimum absolute atomic E-state index is 0.0435. The highest BCUT2D eigenvalue weighted by molar-refractivity contribution is 5.78. The van der Waals surface area contributed by atoms with Gasteiger partial charge in [0.1, 0.15) is 0 Å². The molecule has 2 N–H and O–H groups in total. The molecule has 0 aromatic heterocycles. The van der Waals surface area contributed by atoms with E-state index in [0.717, 1.165) is 0 Å². The van der Waals surface area contributed by atoms with E-state index in [2.05, 4.69) is 29.5 Å². The molecule has 0 aliphatic carbocycles. The van der Waals surface area contributed by atoms with Crippen LogP contribution < -0.4 is 10.8 Å². The van der Waals surface area contributed by atoms with Gasteiger partial charge >= 0.3 is 0 Å². The molecule has 1 unspecified atom stereocenters. The maximum atomic E-state index is 11.1. The van der Waals surface area contributed by atoms with Crippen LogP contribution >= 0.6 is 0 Å². The lowest BCUT2D eigenvalue weighted by Crippen LogP contribution is -2.41. The average molecular weight is 174 g/mol. The van der Waals surface area contributed by atoms with Gasteiger partial charge in [-0.05, 0) is 12.8 Å². The largest absolute Gasteiger partial charge is 0.352 e. The van der Waals surface area contributed by atoms with E-state index in [1.807, 2.05) is 6.92 Å². The quantitative estimate of drug-likeness (QED) is 0.589. The zero-order valence-electron chi connectivity index (χ0n) is 8.18. The number of amides is 1. The fourth-order valence-corrected chi connectivity index (χ4v) is 0.609. The van der Waals surface area contributed by atoms with E-state index >= 15 is 0 Å². The molecule has 1 amide bonds. The number of rotatable bonds is 5. The molecule has 0 rings (SSSR count). The van der Waals surface area contributed by atoms with Crippen molar-refractivity contribution in [3.8, 4) is 0 Å². The molecule has 0 saturated heterocycles. The SMILES string of the molecule is CONCC(=O)NC(C)C(C)C. The van der Waals surface area contributed by atoms with Crippen molar-refractivity contribution >= 4 is 5.91 Å². The monoisotopic (exact) mass is 174 g/mol. The molecule has 72 valence electrons. The average Bonchev–Trinajstić information content (AvgIpc) is 2.00. The fraction of sp³-hybridized carbons (Fsp3) is 0.875. The first kappa shape index (κ1) is 11.4. The number of hydrogen-bond donors (Lipinski definition) is 2. The molecule has 12 heavy (non-hydrogen) atoms. The van der Waals surface area contributed by atoms with Crippen LogP contribution in [-0.2, 0) is 9.63 Å². The Morgan fingerprint density at radius 1 is 1.42 bits per heavy atom. The Balaban J connectivity index is 3.54. The van der Waals surface area contributed by atoms with Gasteiger partial charge in [-0.2, -0.15) is 5.48 Å². The third kappa shape index (κ3) is 5.09. The van der Waals surface area contributed by atoms with Crippen molar-refractivity contribution in [1.82, 2.24) is 10.8 Å². The summed E-state index contributed by atoms with van der Waals surface area (Å²) in [7, 11) is 1.49. The van der Waals surface area contributed by atoms with Gasteiger partial charge in [-0.1, -0.05) is 13.8 Å². The first-order chi connectivity index (χ1) is 5.57. The van der Waals surface area contributed by atoms with Crippen LogP contribution in [0.5, 0.6) is 0 Å². The number of hydrogen-bond acceptors (Lipinski definition) is 3. The Bertz CT molecular complexity index is 137. The molecule has 0 spiro atoms. The molecule has 1 atom stereocenters. The highest BCUT2D eigenvalue weighted by Gasteiger charge is 2.09. The highest BCUT2D eigenvalue weighted by Crippen LogP contribution is 1.98. The molecule has 0 heterocycles. The molecule has 0 aliphatic heterocycles. The molecule has 4 heteroatoms. The Labute approximate surface area is 73.6 Å². The maximum Gasteiger partial charge on any atom is 0.236 e. The van der Waals surface area contributed by atoms with Gasteiger partial charge in [-0.25, -0.2) is 0 Å². The Hall–Kier alpha value is -0.610. The van der Waals surface area contributed by atoms with E-state index in [9.17, 15) is 4.79 Å². The van der Waals surface area contributed by atoms with E-state index in [1.165, 1.54) is 7.11 Å². The summed E-state index contributed by atoms with van der Waals surface area (Å²) in [6.07, 6.45) is 0. The Morgan fingerprint density at radius 2 is 2.00 bits per heavy atom. The molecule has 0 aliphatic rings. The lowest BCUT2D eigenvalue weighted by Gasteiger charge is -2.17. The minimum atomic E-state index is -0.0435. The summed E-state index contributed by atoms with van der Waals surface area (Å²) >= 11 is 0. The molecule has 0 saturated carbocycles. The van der Waals surface area contributed by atoms with Crippen molar-refractivity contribution in [3.05, 3.63) is 0 Å². The van der Waals surface area contributed by atoms with Crippen LogP contribution in [-0.4, -0.2) is 25.6 Å². The normalized spacial score (nSPS) is 13.1. The summed E-state index contributed by atoms with van der Waals surface area (Å²) in [4.78, 5) is 15.6. The smallest absolute Gasteiger partial charge is 0.236 e. The van der Waals surface area contributed by atoms with Crippen molar-refractivity contribution in [2.24, 2.45) is 5.92 Å². The van der Waals surface area contributed by atoms with Gasteiger partial charge in [0, 0.05) is 6.04 Å². The summed E-state index contributed by atoms with van der Waals surface area (Å²) in [6.45, 7) is 6.31. The predicted molar refractivity (Wildman–Crippen MR) is 47.5 cm³/mol. The first-order valence-electron chi connectivity index (χ1n) is 4.13. The van der Waals surface area contributed by atoms with E-state index < -0.39 is 0 Å². The van der Waals surface area contributed by atoms with Gasteiger partial charge in [0.05, 0.1) is 13.7 Å². The molecule has 0 aromatic rings. The number of hydroxylamine groups is 1. The van der Waals surface area contributed by atoms with Crippen LogP contribution in [0.2, 0.25) is 0 Å². The lowest BCUT2D eigenvalue weighted by molar-refractivity contribution is -0.123. The Morgan fingerprint density at radius 3 is 2.42 bits per heavy atom. The summed E-state index contributed by atoms with van der Waals surface area (Å²) in [5.41, 5.74) is 2.48. The molecular weight excluding hydrogens is 156 g/mol. The topological polar surface area (TPSA) is 50.4 Å². The summed E-state index contributed by atoms with van der Waals surface area (Å²) < 4.78 is 0. The minimum Gasteiger partial charge on any atom is -0.352 e. The fourth-order valence-electron chi connectivity index (χ4n) is 0.609. The van der Waals surface area contributed by atoms with E-state index in [4.69, 9.17) is 0 Å². The summed E-state index contributed by atoms with van der Waals surface area (Å²) in [5.74, 6) is 0.412.